The minimum atomic E-state index is -0.243. The fourth-order valence-corrected chi connectivity index (χ4v) is 2.19. The molecule has 0 amide bonds. The van der Waals surface area contributed by atoms with Crippen LogP contribution in [0.1, 0.15) is 11.7 Å². The van der Waals surface area contributed by atoms with E-state index in [9.17, 15) is 4.39 Å². The molecule has 0 radical (unpaired) electrons. The number of nitrogens with one attached hydrogen (secondary N) is 1. The van der Waals surface area contributed by atoms with Crippen LogP contribution in [-0.4, -0.2) is 16.7 Å². The summed E-state index contributed by atoms with van der Waals surface area (Å²) in [5.74, 6) is 1.45. The predicted octanol–water partition coefficient (Wildman–Crippen LogP) is 2.78. The van der Waals surface area contributed by atoms with Crippen LogP contribution < -0.4 is 5.32 Å². The van der Waals surface area contributed by atoms with Gasteiger partial charge in [-0.15, -0.1) is 18.3 Å². The number of halogens is 1. The van der Waals surface area contributed by atoms with Gasteiger partial charge in [-0.1, -0.05) is 17.3 Å². The molecule has 1 N–H and O–H groups in total. The zero-order chi connectivity index (χ0) is 13.5. The van der Waals surface area contributed by atoms with Gasteiger partial charge >= 0.3 is 0 Å². The Kier molecular flexibility index (Phi) is 5.11. The zero-order valence-electron chi connectivity index (χ0n) is 10.3. The molecule has 4 nitrogen and oxygen atoms in total. The maximum atomic E-state index is 13.0. The maximum absolute atomic E-state index is 13.0. The van der Waals surface area contributed by atoms with E-state index in [0.29, 0.717) is 30.6 Å². The topological polar surface area (TPSA) is 51.0 Å². The van der Waals surface area contributed by atoms with Crippen molar-refractivity contribution in [2.45, 2.75) is 17.2 Å². The minimum absolute atomic E-state index is 0.243. The molecule has 0 bridgehead atoms. The molecule has 100 valence electrons. The highest BCUT2D eigenvalue weighted by Crippen LogP contribution is 2.21. The Bertz CT molecular complexity index is 544. The van der Waals surface area contributed by atoms with Gasteiger partial charge in [-0.3, -0.25) is 0 Å². The van der Waals surface area contributed by atoms with Crippen LogP contribution in [0.25, 0.3) is 0 Å². The summed E-state index contributed by atoms with van der Waals surface area (Å²) < 4.78 is 18.1. The lowest BCUT2D eigenvalue weighted by Crippen LogP contribution is -2.12. The lowest BCUT2D eigenvalue weighted by molar-refractivity contribution is 0.366. The van der Waals surface area contributed by atoms with Crippen LogP contribution in [0.4, 0.5) is 4.39 Å². The summed E-state index contributed by atoms with van der Waals surface area (Å²) in [6.07, 6.45) is 1.76. The molecule has 0 aliphatic heterocycles. The van der Waals surface area contributed by atoms with Crippen molar-refractivity contribution in [3.8, 4) is 0 Å². The van der Waals surface area contributed by atoms with E-state index in [1.54, 1.807) is 12.1 Å². The van der Waals surface area contributed by atoms with Gasteiger partial charge in [0.2, 0.25) is 5.89 Å². The summed E-state index contributed by atoms with van der Waals surface area (Å²) >= 11 is 1.47. The summed E-state index contributed by atoms with van der Waals surface area (Å²) in [5, 5.41) is 6.94. The van der Waals surface area contributed by atoms with Crippen LogP contribution in [0.2, 0.25) is 0 Å². The number of aromatic nitrogens is 2. The Labute approximate surface area is 115 Å². The second-order valence-electron chi connectivity index (χ2n) is 3.77. The molecule has 0 saturated carbocycles. The number of thioether (sulfide) groups is 1. The van der Waals surface area contributed by atoms with E-state index >= 15 is 0 Å². The molecule has 0 saturated heterocycles. The third kappa shape index (κ3) is 4.50. The molecular weight excluding hydrogens is 265 g/mol. The second-order valence-corrected chi connectivity index (χ2v) is 4.82. The molecule has 0 aliphatic rings. The van der Waals surface area contributed by atoms with Crippen molar-refractivity contribution in [3.63, 3.8) is 0 Å². The van der Waals surface area contributed by atoms with Crippen molar-refractivity contribution < 1.29 is 8.91 Å². The van der Waals surface area contributed by atoms with Crippen LogP contribution in [0.15, 0.2) is 46.3 Å². The second kappa shape index (κ2) is 7.06. The van der Waals surface area contributed by atoms with Gasteiger partial charge in [0, 0.05) is 11.4 Å². The third-order valence-corrected chi connectivity index (χ3v) is 3.23. The zero-order valence-corrected chi connectivity index (χ0v) is 11.1. The van der Waals surface area contributed by atoms with Crippen molar-refractivity contribution in [1.29, 1.82) is 0 Å². The lowest BCUT2D eigenvalue weighted by atomic mass is 10.4. The molecule has 2 aromatic rings. The van der Waals surface area contributed by atoms with Gasteiger partial charge in [0.15, 0.2) is 5.82 Å². The number of hydrogen-bond donors (Lipinski definition) is 1. The SMILES string of the molecule is C=CCNCc1nc(CSc2cccc(F)c2)no1. The summed E-state index contributed by atoms with van der Waals surface area (Å²) in [4.78, 5) is 5.07. The van der Waals surface area contributed by atoms with Crippen molar-refractivity contribution in [3.05, 3.63) is 54.5 Å². The normalized spacial score (nSPS) is 10.6. The number of nitrogens with zero attached hydrogens (tertiary/aromatic N) is 2. The molecule has 0 spiro atoms. The molecule has 0 fully saturated rings. The maximum Gasteiger partial charge on any atom is 0.240 e. The lowest BCUT2D eigenvalue weighted by Gasteiger charge is -1.97. The largest absolute Gasteiger partial charge is 0.338 e. The fourth-order valence-electron chi connectivity index (χ4n) is 1.41. The molecule has 19 heavy (non-hydrogen) atoms. The van der Waals surface area contributed by atoms with Crippen molar-refractivity contribution in [2.75, 3.05) is 6.54 Å². The summed E-state index contributed by atoms with van der Waals surface area (Å²) in [6.45, 7) is 4.81. The predicted molar refractivity (Wildman–Crippen MR) is 72.2 cm³/mol. The van der Waals surface area contributed by atoms with Gasteiger partial charge in [0.1, 0.15) is 5.82 Å². The van der Waals surface area contributed by atoms with Gasteiger partial charge in [-0.05, 0) is 18.2 Å². The highest BCUT2D eigenvalue weighted by atomic mass is 32.2. The molecule has 0 atom stereocenters. The van der Waals surface area contributed by atoms with Gasteiger partial charge in [-0.25, -0.2) is 4.39 Å². The first-order valence-corrected chi connectivity index (χ1v) is 6.78. The molecule has 1 heterocycles. The smallest absolute Gasteiger partial charge is 0.240 e. The standard InChI is InChI=1S/C13H14FN3OS/c1-2-6-15-8-13-16-12(17-18-13)9-19-11-5-3-4-10(14)7-11/h2-5,7,15H,1,6,8-9H2. The van der Waals surface area contributed by atoms with Crippen molar-refractivity contribution in [1.82, 2.24) is 15.5 Å². The Hall–Kier alpha value is -1.66. The van der Waals surface area contributed by atoms with E-state index in [0.717, 1.165) is 4.90 Å². The Balaban J connectivity index is 1.84. The van der Waals surface area contributed by atoms with E-state index in [1.165, 1.54) is 23.9 Å². The van der Waals surface area contributed by atoms with Crippen molar-refractivity contribution in [2.24, 2.45) is 0 Å². The first kappa shape index (κ1) is 13.8. The number of benzene rings is 1. The van der Waals surface area contributed by atoms with E-state index < -0.39 is 0 Å². The van der Waals surface area contributed by atoms with E-state index in [-0.39, 0.29) is 5.82 Å². The van der Waals surface area contributed by atoms with Crippen LogP contribution in [0.5, 0.6) is 0 Å². The quantitative estimate of drug-likeness (QED) is 0.480. The van der Waals surface area contributed by atoms with Crippen LogP contribution in [0.3, 0.4) is 0 Å². The molecule has 1 aromatic heterocycles. The molecule has 0 aliphatic carbocycles. The number of rotatable bonds is 7. The molecule has 2 rings (SSSR count). The van der Waals surface area contributed by atoms with E-state index in [2.05, 4.69) is 22.0 Å². The first-order chi connectivity index (χ1) is 9.28. The van der Waals surface area contributed by atoms with Crippen LogP contribution >= 0.6 is 11.8 Å². The Morgan fingerprint density at radius 3 is 3.16 bits per heavy atom. The van der Waals surface area contributed by atoms with Crippen LogP contribution in [-0.2, 0) is 12.3 Å². The van der Waals surface area contributed by atoms with Gasteiger partial charge in [0.25, 0.3) is 0 Å². The highest BCUT2D eigenvalue weighted by Gasteiger charge is 2.06. The summed E-state index contributed by atoms with van der Waals surface area (Å²) in [7, 11) is 0. The summed E-state index contributed by atoms with van der Waals surface area (Å²) in [6, 6.07) is 6.43. The molecular formula is C13H14FN3OS. The fraction of sp³-hybridized carbons (Fsp3) is 0.231. The van der Waals surface area contributed by atoms with Gasteiger partial charge in [0.05, 0.1) is 12.3 Å². The number of hydrogen-bond acceptors (Lipinski definition) is 5. The van der Waals surface area contributed by atoms with Crippen LogP contribution in [0, 0.1) is 5.82 Å². The van der Waals surface area contributed by atoms with Gasteiger partial charge < -0.3 is 9.84 Å². The summed E-state index contributed by atoms with van der Waals surface area (Å²) in [5.41, 5.74) is 0. The van der Waals surface area contributed by atoms with Gasteiger partial charge in [-0.2, -0.15) is 4.98 Å². The average Bonchev–Trinajstić information content (AvgIpc) is 2.85. The Morgan fingerprint density at radius 2 is 2.37 bits per heavy atom. The Morgan fingerprint density at radius 1 is 1.47 bits per heavy atom. The highest BCUT2D eigenvalue weighted by molar-refractivity contribution is 7.98. The van der Waals surface area contributed by atoms with E-state index in [4.69, 9.17) is 4.52 Å². The molecule has 6 heteroatoms. The van der Waals surface area contributed by atoms with E-state index in [1.807, 2.05) is 6.07 Å². The first-order valence-electron chi connectivity index (χ1n) is 5.79. The minimum Gasteiger partial charge on any atom is -0.338 e. The molecule has 0 unspecified atom stereocenters. The monoisotopic (exact) mass is 279 g/mol. The average molecular weight is 279 g/mol. The third-order valence-electron chi connectivity index (χ3n) is 2.24. The molecule has 1 aromatic carbocycles. The van der Waals surface area contributed by atoms with Crippen molar-refractivity contribution >= 4 is 11.8 Å².